The quantitative estimate of drug-likeness (QED) is 0.936. The van der Waals surface area contributed by atoms with Crippen molar-refractivity contribution in [3.8, 4) is 11.6 Å². The second-order valence-corrected chi connectivity index (χ2v) is 4.13. The number of hydrogen-bond acceptors (Lipinski definition) is 4. The van der Waals surface area contributed by atoms with Gasteiger partial charge in [-0.05, 0) is 18.2 Å². The van der Waals surface area contributed by atoms with E-state index in [-0.39, 0.29) is 11.6 Å². The molecule has 0 radical (unpaired) electrons. The van der Waals surface area contributed by atoms with Crippen molar-refractivity contribution in [2.75, 3.05) is 0 Å². The standard InChI is InChI=1S/C11H6Cl2N2O3/c12-6-1-7(13)3-8(2-6)18-10-5-14-4-9(15-10)11(16)17/h1-5H,(H,16,17). The Morgan fingerprint density at radius 1 is 1.17 bits per heavy atom. The highest BCUT2D eigenvalue weighted by Gasteiger charge is 2.08. The van der Waals surface area contributed by atoms with Crippen LogP contribution in [0.2, 0.25) is 10.0 Å². The Hall–Kier alpha value is -1.85. The first-order valence-electron chi connectivity index (χ1n) is 4.74. The second-order valence-electron chi connectivity index (χ2n) is 3.25. The zero-order valence-electron chi connectivity index (χ0n) is 8.80. The van der Waals surface area contributed by atoms with Crippen molar-refractivity contribution in [1.29, 1.82) is 0 Å². The van der Waals surface area contributed by atoms with E-state index in [0.29, 0.717) is 15.8 Å². The largest absolute Gasteiger partial charge is 0.476 e. The number of carboxylic acids is 1. The number of aromatic nitrogens is 2. The summed E-state index contributed by atoms with van der Waals surface area (Å²) in [4.78, 5) is 18.2. The van der Waals surface area contributed by atoms with Gasteiger partial charge in [-0.1, -0.05) is 23.2 Å². The molecule has 0 unspecified atom stereocenters. The van der Waals surface area contributed by atoms with Crippen LogP contribution in [0.3, 0.4) is 0 Å². The molecule has 0 amide bonds. The molecule has 0 saturated heterocycles. The average Bonchev–Trinajstić information content (AvgIpc) is 2.27. The number of hydrogen-bond donors (Lipinski definition) is 1. The molecule has 2 aromatic rings. The van der Waals surface area contributed by atoms with Crippen LogP contribution in [0.4, 0.5) is 0 Å². The van der Waals surface area contributed by atoms with Crippen molar-refractivity contribution in [2.24, 2.45) is 0 Å². The molecule has 0 aliphatic carbocycles. The van der Waals surface area contributed by atoms with Crippen molar-refractivity contribution in [2.45, 2.75) is 0 Å². The summed E-state index contributed by atoms with van der Waals surface area (Å²) in [6, 6.07) is 4.61. The van der Waals surface area contributed by atoms with Crippen LogP contribution in [0.25, 0.3) is 0 Å². The number of carbonyl (C=O) groups is 1. The van der Waals surface area contributed by atoms with Crippen LogP contribution in [-0.4, -0.2) is 21.0 Å². The molecular formula is C11H6Cl2N2O3. The van der Waals surface area contributed by atoms with Crippen LogP contribution < -0.4 is 4.74 Å². The minimum atomic E-state index is -1.18. The maximum atomic E-state index is 10.7. The lowest BCUT2D eigenvalue weighted by molar-refractivity contribution is 0.0689. The Labute approximate surface area is 112 Å². The SMILES string of the molecule is O=C(O)c1cncc(Oc2cc(Cl)cc(Cl)c2)n1. The van der Waals surface area contributed by atoms with E-state index in [1.54, 1.807) is 6.07 Å². The van der Waals surface area contributed by atoms with E-state index in [0.717, 1.165) is 6.20 Å². The fourth-order valence-electron chi connectivity index (χ4n) is 1.21. The summed E-state index contributed by atoms with van der Waals surface area (Å²) >= 11 is 11.6. The van der Waals surface area contributed by atoms with Crippen molar-refractivity contribution in [3.05, 3.63) is 46.3 Å². The third kappa shape index (κ3) is 3.09. The molecule has 0 aliphatic rings. The van der Waals surface area contributed by atoms with Gasteiger partial charge < -0.3 is 9.84 Å². The lowest BCUT2D eigenvalue weighted by Gasteiger charge is -2.05. The van der Waals surface area contributed by atoms with E-state index in [1.807, 2.05) is 0 Å². The maximum Gasteiger partial charge on any atom is 0.356 e. The van der Waals surface area contributed by atoms with Gasteiger partial charge in [0.1, 0.15) is 5.75 Å². The Morgan fingerprint density at radius 2 is 1.83 bits per heavy atom. The topological polar surface area (TPSA) is 72.3 Å². The van der Waals surface area contributed by atoms with E-state index in [2.05, 4.69) is 9.97 Å². The molecule has 0 saturated carbocycles. The number of rotatable bonds is 3. The van der Waals surface area contributed by atoms with E-state index >= 15 is 0 Å². The lowest BCUT2D eigenvalue weighted by Crippen LogP contribution is -2.02. The summed E-state index contributed by atoms with van der Waals surface area (Å²) in [6.07, 6.45) is 2.42. The molecule has 0 spiro atoms. The van der Waals surface area contributed by atoms with Crippen LogP contribution in [-0.2, 0) is 0 Å². The molecule has 5 nitrogen and oxygen atoms in total. The predicted octanol–water partition coefficient (Wildman–Crippen LogP) is 3.27. The molecule has 2 rings (SSSR count). The van der Waals surface area contributed by atoms with Crippen LogP contribution in [0.5, 0.6) is 11.6 Å². The smallest absolute Gasteiger partial charge is 0.356 e. The Kier molecular flexibility index (Phi) is 3.64. The van der Waals surface area contributed by atoms with Crippen LogP contribution >= 0.6 is 23.2 Å². The average molecular weight is 285 g/mol. The first-order valence-corrected chi connectivity index (χ1v) is 5.49. The van der Waals surface area contributed by atoms with Gasteiger partial charge in [0.15, 0.2) is 5.69 Å². The summed E-state index contributed by atoms with van der Waals surface area (Å²) in [5, 5.41) is 9.57. The van der Waals surface area contributed by atoms with E-state index in [1.165, 1.54) is 18.3 Å². The third-order valence-electron chi connectivity index (χ3n) is 1.89. The molecule has 92 valence electrons. The number of nitrogens with zero attached hydrogens (tertiary/aromatic N) is 2. The number of halogens is 2. The van der Waals surface area contributed by atoms with E-state index < -0.39 is 5.97 Å². The van der Waals surface area contributed by atoms with Crippen LogP contribution in [0.1, 0.15) is 10.5 Å². The highest BCUT2D eigenvalue weighted by molar-refractivity contribution is 6.34. The molecule has 1 aromatic carbocycles. The number of ether oxygens (including phenoxy) is 1. The fourth-order valence-corrected chi connectivity index (χ4v) is 1.71. The van der Waals surface area contributed by atoms with Gasteiger partial charge >= 0.3 is 5.97 Å². The molecule has 0 atom stereocenters. The summed E-state index contributed by atoms with van der Waals surface area (Å²) in [6.45, 7) is 0. The van der Waals surface area contributed by atoms with Gasteiger partial charge in [0.25, 0.3) is 0 Å². The highest BCUT2D eigenvalue weighted by Crippen LogP contribution is 2.27. The Balaban J connectivity index is 2.28. The zero-order chi connectivity index (χ0) is 13.1. The Morgan fingerprint density at radius 3 is 2.44 bits per heavy atom. The normalized spacial score (nSPS) is 10.1. The van der Waals surface area contributed by atoms with Crippen molar-refractivity contribution < 1.29 is 14.6 Å². The third-order valence-corrected chi connectivity index (χ3v) is 2.33. The first kappa shape index (κ1) is 12.6. The first-order chi connectivity index (χ1) is 8.54. The number of carboxylic acid groups (broad SMARTS) is 1. The molecular weight excluding hydrogens is 279 g/mol. The molecule has 1 N–H and O–H groups in total. The van der Waals surface area contributed by atoms with Gasteiger partial charge in [-0.15, -0.1) is 0 Å². The molecule has 1 heterocycles. The fraction of sp³-hybridized carbons (Fsp3) is 0. The minimum Gasteiger partial charge on any atom is -0.476 e. The number of aromatic carboxylic acids is 1. The van der Waals surface area contributed by atoms with Gasteiger partial charge in [0.2, 0.25) is 5.88 Å². The lowest BCUT2D eigenvalue weighted by atomic mass is 10.3. The summed E-state index contributed by atoms with van der Waals surface area (Å²) in [7, 11) is 0. The maximum absolute atomic E-state index is 10.7. The zero-order valence-corrected chi connectivity index (χ0v) is 10.3. The van der Waals surface area contributed by atoms with Gasteiger partial charge in [-0.3, -0.25) is 4.98 Å². The molecule has 18 heavy (non-hydrogen) atoms. The van der Waals surface area contributed by atoms with E-state index in [4.69, 9.17) is 33.0 Å². The van der Waals surface area contributed by atoms with Gasteiger partial charge in [0.05, 0.1) is 12.4 Å². The van der Waals surface area contributed by atoms with Crippen molar-refractivity contribution in [1.82, 2.24) is 9.97 Å². The Bertz CT molecular complexity index is 584. The summed E-state index contributed by atoms with van der Waals surface area (Å²) in [5.74, 6) is -0.783. The molecule has 7 heteroatoms. The molecule has 0 bridgehead atoms. The van der Waals surface area contributed by atoms with Crippen molar-refractivity contribution in [3.63, 3.8) is 0 Å². The molecule has 0 aliphatic heterocycles. The summed E-state index contributed by atoms with van der Waals surface area (Å²) in [5.41, 5.74) is -0.208. The predicted molar refractivity (Wildman–Crippen MR) is 65.5 cm³/mol. The van der Waals surface area contributed by atoms with Crippen LogP contribution in [0, 0.1) is 0 Å². The van der Waals surface area contributed by atoms with Gasteiger partial charge in [-0.2, -0.15) is 0 Å². The van der Waals surface area contributed by atoms with Crippen LogP contribution in [0.15, 0.2) is 30.6 Å². The van der Waals surface area contributed by atoms with Gasteiger partial charge in [0, 0.05) is 10.0 Å². The summed E-state index contributed by atoms with van der Waals surface area (Å²) < 4.78 is 5.32. The minimum absolute atomic E-state index is 0.0493. The number of benzene rings is 1. The molecule has 0 fully saturated rings. The van der Waals surface area contributed by atoms with Gasteiger partial charge in [-0.25, -0.2) is 9.78 Å². The van der Waals surface area contributed by atoms with Crippen molar-refractivity contribution >= 4 is 29.2 Å². The van der Waals surface area contributed by atoms with E-state index in [9.17, 15) is 4.79 Å². The monoisotopic (exact) mass is 284 g/mol. The second kappa shape index (κ2) is 5.20. The molecule has 1 aromatic heterocycles. The highest BCUT2D eigenvalue weighted by atomic mass is 35.5.